The molecule has 0 aliphatic heterocycles. The molecule has 0 bridgehead atoms. The number of hydrogen-bond donors (Lipinski definition) is 1. The second-order valence-corrected chi connectivity index (χ2v) is 3.92. The summed E-state index contributed by atoms with van der Waals surface area (Å²) in [4.78, 5) is 23.5. The highest BCUT2D eigenvalue weighted by Gasteiger charge is 2.13. The Morgan fingerprint density at radius 2 is 1.18 bits per heavy atom. The number of nitrogens with one attached hydrogen (secondary N) is 1. The van der Waals surface area contributed by atoms with Crippen LogP contribution in [0.5, 0.6) is 0 Å². The largest absolute Gasteiger partial charge is 0.322 e. The lowest BCUT2D eigenvalue weighted by Crippen LogP contribution is -2.15. The zero-order chi connectivity index (χ0) is 17.0. The fraction of sp³-hybridized carbons (Fsp3) is 0.263. The molecule has 1 amide bonds. The SMILES string of the molecule is CC.CC.CC(=O)c1ccccc1C(=O)Nc1ccccc1. The first kappa shape index (κ1) is 19.6. The zero-order valence-corrected chi connectivity index (χ0v) is 14.0. The Morgan fingerprint density at radius 1 is 0.727 bits per heavy atom. The molecule has 0 aromatic heterocycles. The quantitative estimate of drug-likeness (QED) is 0.792. The Balaban J connectivity index is 0.00000102. The van der Waals surface area contributed by atoms with Gasteiger partial charge in [-0.3, -0.25) is 9.59 Å². The van der Waals surface area contributed by atoms with E-state index in [0.717, 1.165) is 0 Å². The highest BCUT2D eigenvalue weighted by molar-refractivity contribution is 6.12. The fourth-order valence-electron chi connectivity index (χ4n) is 1.71. The molecule has 0 fully saturated rings. The van der Waals surface area contributed by atoms with E-state index in [-0.39, 0.29) is 11.7 Å². The maximum absolute atomic E-state index is 12.1. The summed E-state index contributed by atoms with van der Waals surface area (Å²) in [5.41, 5.74) is 1.54. The average molecular weight is 299 g/mol. The second-order valence-electron chi connectivity index (χ2n) is 3.92. The average Bonchev–Trinajstić information content (AvgIpc) is 2.59. The van der Waals surface area contributed by atoms with Crippen molar-refractivity contribution in [1.82, 2.24) is 0 Å². The highest BCUT2D eigenvalue weighted by atomic mass is 16.2. The minimum absolute atomic E-state index is 0.117. The van der Waals surface area contributed by atoms with Gasteiger partial charge in [0.25, 0.3) is 5.91 Å². The molecule has 2 aromatic rings. The van der Waals surface area contributed by atoms with Gasteiger partial charge in [0, 0.05) is 11.3 Å². The van der Waals surface area contributed by atoms with Crippen LogP contribution < -0.4 is 5.32 Å². The predicted octanol–water partition coefficient (Wildman–Crippen LogP) is 5.19. The van der Waals surface area contributed by atoms with Crippen molar-refractivity contribution in [1.29, 1.82) is 0 Å². The fourth-order valence-corrected chi connectivity index (χ4v) is 1.71. The predicted molar refractivity (Wildman–Crippen MR) is 93.5 cm³/mol. The molecule has 0 heterocycles. The third-order valence-corrected chi connectivity index (χ3v) is 2.58. The Hall–Kier alpha value is -2.42. The first-order chi connectivity index (χ1) is 10.7. The van der Waals surface area contributed by atoms with Crippen LogP contribution >= 0.6 is 0 Å². The van der Waals surface area contributed by atoms with Gasteiger partial charge in [-0.25, -0.2) is 0 Å². The molecule has 22 heavy (non-hydrogen) atoms. The molecule has 0 aliphatic carbocycles. The zero-order valence-electron chi connectivity index (χ0n) is 14.0. The molecule has 0 saturated heterocycles. The third kappa shape index (κ3) is 5.92. The van der Waals surface area contributed by atoms with Crippen LogP contribution in [0.25, 0.3) is 0 Å². The van der Waals surface area contributed by atoms with E-state index in [4.69, 9.17) is 0 Å². The van der Waals surface area contributed by atoms with Crippen LogP contribution in [0.2, 0.25) is 0 Å². The van der Waals surface area contributed by atoms with Crippen molar-refractivity contribution in [2.75, 3.05) is 5.32 Å². The Morgan fingerprint density at radius 3 is 1.68 bits per heavy atom. The van der Waals surface area contributed by atoms with Crippen molar-refractivity contribution in [2.24, 2.45) is 0 Å². The second kappa shape index (κ2) is 11.3. The van der Waals surface area contributed by atoms with Crippen molar-refractivity contribution in [3.05, 3.63) is 65.7 Å². The monoisotopic (exact) mass is 299 g/mol. The van der Waals surface area contributed by atoms with E-state index in [1.54, 1.807) is 36.4 Å². The van der Waals surface area contributed by atoms with Gasteiger partial charge in [-0.1, -0.05) is 64.1 Å². The van der Waals surface area contributed by atoms with Gasteiger partial charge >= 0.3 is 0 Å². The van der Waals surface area contributed by atoms with E-state index >= 15 is 0 Å². The number of Topliss-reactive ketones (excluding diaryl/α,β-unsaturated/α-hetero) is 1. The molecule has 3 nitrogen and oxygen atoms in total. The van der Waals surface area contributed by atoms with Crippen LogP contribution in [-0.4, -0.2) is 11.7 Å². The summed E-state index contributed by atoms with van der Waals surface area (Å²) in [6.07, 6.45) is 0. The van der Waals surface area contributed by atoms with E-state index in [9.17, 15) is 9.59 Å². The van der Waals surface area contributed by atoms with Crippen LogP contribution in [0.15, 0.2) is 54.6 Å². The van der Waals surface area contributed by atoms with Crippen LogP contribution in [-0.2, 0) is 0 Å². The maximum atomic E-state index is 12.1. The topological polar surface area (TPSA) is 46.2 Å². The molecule has 2 aromatic carbocycles. The standard InChI is InChI=1S/C15H13NO2.2C2H6/c1-11(17)13-9-5-6-10-14(13)15(18)16-12-7-3-2-4-8-12;2*1-2/h2-10H,1H3,(H,16,18);2*1-2H3. The summed E-state index contributed by atoms with van der Waals surface area (Å²) in [7, 11) is 0. The van der Waals surface area contributed by atoms with Gasteiger partial charge in [0.15, 0.2) is 5.78 Å². The van der Waals surface area contributed by atoms with E-state index in [1.165, 1.54) is 6.92 Å². The van der Waals surface area contributed by atoms with Gasteiger partial charge in [-0.05, 0) is 25.1 Å². The van der Waals surface area contributed by atoms with Crippen molar-refractivity contribution >= 4 is 17.4 Å². The number of anilines is 1. The first-order valence-electron chi connectivity index (χ1n) is 7.65. The van der Waals surface area contributed by atoms with Gasteiger partial charge in [0.2, 0.25) is 0 Å². The summed E-state index contributed by atoms with van der Waals surface area (Å²) in [5.74, 6) is -0.388. The highest BCUT2D eigenvalue weighted by Crippen LogP contribution is 2.13. The van der Waals surface area contributed by atoms with Crippen LogP contribution in [0, 0.1) is 0 Å². The number of amides is 1. The number of para-hydroxylation sites is 1. The lowest BCUT2D eigenvalue weighted by molar-refractivity contribution is 0.0985. The Bertz CT molecular complexity index is 577. The molecular weight excluding hydrogens is 274 g/mol. The van der Waals surface area contributed by atoms with Crippen LogP contribution in [0.1, 0.15) is 55.3 Å². The Labute approximate surface area is 133 Å². The minimum Gasteiger partial charge on any atom is -0.322 e. The normalized spacial score (nSPS) is 8.59. The number of ketones is 1. The smallest absolute Gasteiger partial charge is 0.256 e. The van der Waals surface area contributed by atoms with Gasteiger partial charge in [0.05, 0.1) is 5.56 Å². The number of rotatable bonds is 3. The molecule has 0 unspecified atom stereocenters. The number of hydrogen-bond acceptors (Lipinski definition) is 2. The molecular formula is C19H25NO2. The van der Waals surface area contributed by atoms with Gasteiger partial charge in [-0.15, -0.1) is 0 Å². The van der Waals surface area contributed by atoms with E-state index in [2.05, 4.69) is 5.32 Å². The molecule has 2 rings (SSSR count). The minimum atomic E-state index is -0.271. The molecule has 118 valence electrons. The van der Waals surface area contributed by atoms with E-state index in [1.807, 2.05) is 45.9 Å². The van der Waals surface area contributed by atoms with Gasteiger partial charge in [-0.2, -0.15) is 0 Å². The summed E-state index contributed by atoms with van der Waals surface area (Å²) in [5, 5.41) is 2.76. The summed E-state index contributed by atoms with van der Waals surface area (Å²) < 4.78 is 0. The number of carbonyl (C=O) groups excluding carboxylic acids is 2. The molecule has 0 saturated carbocycles. The van der Waals surface area contributed by atoms with Crippen molar-refractivity contribution in [3.8, 4) is 0 Å². The van der Waals surface area contributed by atoms with E-state index in [0.29, 0.717) is 16.8 Å². The molecule has 1 N–H and O–H groups in total. The van der Waals surface area contributed by atoms with Crippen LogP contribution in [0.3, 0.4) is 0 Å². The van der Waals surface area contributed by atoms with Gasteiger partial charge < -0.3 is 5.32 Å². The molecule has 0 atom stereocenters. The molecule has 0 radical (unpaired) electrons. The van der Waals surface area contributed by atoms with Crippen molar-refractivity contribution < 1.29 is 9.59 Å². The number of benzene rings is 2. The molecule has 0 spiro atoms. The Kier molecular flexibility index (Phi) is 10.0. The molecule has 0 aliphatic rings. The third-order valence-electron chi connectivity index (χ3n) is 2.58. The number of carbonyl (C=O) groups is 2. The van der Waals surface area contributed by atoms with E-state index < -0.39 is 0 Å². The lowest BCUT2D eigenvalue weighted by Gasteiger charge is -2.07. The van der Waals surface area contributed by atoms with Crippen LogP contribution in [0.4, 0.5) is 5.69 Å². The maximum Gasteiger partial charge on any atom is 0.256 e. The first-order valence-corrected chi connectivity index (χ1v) is 7.65. The van der Waals surface area contributed by atoms with Crippen molar-refractivity contribution in [3.63, 3.8) is 0 Å². The lowest BCUT2D eigenvalue weighted by atomic mass is 10.0. The summed E-state index contributed by atoms with van der Waals surface area (Å²) >= 11 is 0. The van der Waals surface area contributed by atoms with Gasteiger partial charge in [0.1, 0.15) is 0 Å². The van der Waals surface area contributed by atoms with Crippen molar-refractivity contribution in [2.45, 2.75) is 34.6 Å². The summed E-state index contributed by atoms with van der Waals surface area (Å²) in [6.45, 7) is 9.45. The summed E-state index contributed by atoms with van der Waals surface area (Å²) in [6, 6.07) is 15.9. The molecule has 3 heteroatoms.